The normalized spacial score (nSPS) is 10.6. The average Bonchev–Trinajstić information content (AvgIpc) is 1.66. The summed E-state index contributed by atoms with van der Waals surface area (Å²) in [7, 11) is 0. The van der Waals surface area contributed by atoms with Crippen molar-refractivity contribution in [2.24, 2.45) is 0 Å². The zero-order chi connectivity index (χ0) is 84.6. The number of hydrogen-bond acceptors (Lipinski definition) is 21. The minimum Gasteiger partial charge on any atom is -0.478 e. The van der Waals surface area contributed by atoms with Crippen molar-refractivity contribution in [3.05, 3.63) is 265 Å². The number of nitrogen functional groups attached to an aromatic ring is 1. The van der Waals surface area contributed by atoms with E-state index in [0.717, 1.165) is 34.3 Å². The van der Waals surface area contributed by atoms with E-state index < -0.39 is 69.6 Å². The quantitative estimate of drug-likeness (QED) is 0.0431. The van der Waals surface area contributed by atoms with Crippen LogP contribution in [0.4, 0.5) is 28.2 Å². The number of aromatic carboxylic acids is 2. The number of anilines is 3. The predicted octanol–water partition coefficient (Wildman–Crippen LogP) is 22.1. The number of nitrogens with two attached hydrogens (primary N) is 1. The van der Waals surface area contributed by atoms with Crippen LogP contribution in [0.15, 0.2) is 193 Å². The van der Waals surface area contributed by atoms with Crippen molar-refractivity contribution >= 4 is 215 Å². The molecule has 0 aliphatic heterocycles. The number of benzene rings is 7. The number of carbonyl (C=O) groups is 7. The van der Waals surface area contributed by atoms with Crippen LogP contribution in [0.5, 0.6) is 0 Å². The van der Waals surface area contributed by atoms with Gasteiger partial charge in [0.05, 0.1) is 84.0 Å². The van der Waals surface area contributed by atoms with Gasteiger partial charge in [-0.1, -0.05) is 102 Å². The summed E-state index contributed by atoms with van der Waals surface area (Å²) in [6.07, 6.45) is 9.73. The molecule has 2 amide bonds. The highest BCUT2D eigenvalue weighted by atomic mass is 35.5. The Balaban J connectivity index is 0.000000204. The molecule has 0 saturated heterocycles. The number of ether oxygens (including phenoxy) is 2. The number of thiophene rings is 3. The average molecular weight is 1760 g/mol. The summed E-state index contributed by atoms with van der Waals surface area (Å²) in [5.74, 6) is -6.43. The molecule has 0 saturated carbocycles. The molecule has 0 aliphatic carbocycles. The predicted molar refractivity (Wildman–Crippen MR) is 452 cm³/mol. The molecule has 35 heteroatoms. The first-order chi connectivity index (χ1) is 54.8. The number of hydrogen-bond donors (Lipinski definition) is 5. The van der Waals surface area contributed by atoms with Crippen LogP contribution in [0.2, 0.25) is 15.1 Å². The molecule has 0 atom stereocenters. The van der Waals surface area contributed by atoms with Crippen LogP contribution in [0.3, 0.4) is 0 Å². The van der Waals surface area contributed by atoms with Gasteiger partial charge in [-0.05, 0) is 155 Å². The SMILES string of the molecule is CC(C)(C)OC(=O)c1c(-c2ccc(Cl)c(F)c2)csc1N.CC(C)(C)OC(=O)c1c(-c2ccc(Cl)c(F)c2)csc1NC(=O)c1cnc2ccccc2n1.CCl.CCl.CCl.O=C(Cl)c1cnc2ccccc2n1.O=C(Nc1scc(-c2ccc(Cl)c(F)c2)c1C(=O)O)c1cnc2ccccc2n1.O=C(O)c1cnc2ccccc2n1. The van der Waals surface area contributed by atoms with Crippen molar-refractivity contribution in [3.8, 4) is 33.4 Å². The molecule has 0 radical (unpaired) electrons. The molecule has 0 unspecified atom stereocenters. The van der Waals surface area contributed by atoms with E-state index in [-0.39, 0.29) is 70.1 Å². The lowest BCUT2D eigenvalue weighted by Gasteiger charge is -2.20. The van der Waals surface area contributed by atoms with Gasteiger partial charge in [0.15, 0.2) is 5.69 Å². The van der Waals surface area contributed by atoms with E-state index in [1.807, 2.05) is 36.4 Å². The number of esters is 2. The Morgan fingerprint density at radius 1 is 0.400 bits per heavy atom. The molecule has 594 valence electrons. The molecule has 14 aromatic rings. The van der Waals surface area contributed by atoms with Gasteiger partial charge in [-0.15, -0.1) is 68.8 Å². The third kappa shape index (κ3) is 25.1. The summed E-state index contributed by atoms with van der Waals surface area (Å²) in [6, 6.07) is 41.3. The monoisotopic (exact) mass is 1750 g/mol. The number of halogens is 10. The number of amides is 2. The smallest absolute Gasteiger partial charge is 0.356 e. The zero-order valence-corrected chi connectivity index (χ0v) is 69.4. The fraction of sp³-hybridized carbons (Fsp3) is 0.138. The Bertz CT molecular complexity index is 5790. The second-order valence-electron chi connectivity index (χ2n) is 24.8. The Morgan fingerprint density at radius 2 is 0.687 bits per heavy atom. The van der Waals surface area contributed by atoms with Crippen molar-refractivity contribution in [2.45, 2.75) is 52.7 Å². The van der Waals surface area contributed by atoms with E-state index in [2.05, 4.69) is 85.3 Å². The largest absolute Gasteiger partial charge is 0.478 e. The molecule has 0 bridgehead atoms. The third-order valence-corrected chi connectivity index (χ3v) is 18.4. The summed E-state index contributed by atoms with van der Waals surface area (Å²) in [5.41, 5.74) is 12.7. The molecule has 6 N–H and O–H groups in total. The van der Waals surface area contributed by atoms with Crippen molar-refractivity contribution in [1.29, 1.82) is 0 Å². The van der Waals surface area contributed by atoms with Crippen LogP contribution in [0, 0.1) is 17.5 Å². The molecular formula is C80H65Cl7F3N11O11S3. The molecule has 22 nitrogen and oxygen atoms in total. The third-order valence-electron chi connectivity index (χ3n) is 14.6. The van der Waals surface area contributed by atoms with Crippen LogP contribution < -0.4 is 16.4 Å². The number of nitrogens with zero attached hydrogens (tertiary/aromatic N) is 8. The number of aromatic nitrogens is 8. The Morgan fingerprint density at radius 3 is 1.02 bits per heavy atom. The molecule has 115 heavy (non-hydrogen) atoms. The lowest BCUT2D eigenvalue weighted by atomic mass is 10.0. The zero-order valence-electron chi connectivity index (χ0n) is 61.7. The lowest BCUT2D eigenvalue weighted by molar-refractivity contribution is 0.00594. The second-order valence-corrected chi connectivity index (χ2v) is 29.0. The number of carboxylic acid groups (broad SMARTS) is 2. The first-order valence-electron chi connectivity index (χ1n) is 33.0. The van der Waals surface area contributed by atoms with Crippen molar-refractivity contribution in [2.75, 3.05) is 35.5 Å². The maximum Gasteiger partial charge on any atom is 0.356 e. The van der Waals surface area contributed by atoms with E-state index in [1.165, 1.54) is 97.1 Å². The van der Waals surface area contributed by atoms with Crippen molar-refractivity contribution in [1.82, 2.24) is 39.9 Å². The lowest BCUT2D eigenvalue weighted by Crippen LogP contribution is -2.25. The van der Waals surface area contributed by atoms with E-state index in [4.69, 9.17) is 66.7 Å². The Labute approximate surface area is 702 Å². The topological polar surface area (TPSA) is 332 Å². The maximum atomic E-state index is 14.1. The summed E-state index contributed by atoms with van der Waals surface area (Å²) in [4.78, 5) is 117. The van der Waals surface area contributed by atoms with E-state index in [1.54, 1.807) is 125 Å². The molecule has 0 aliphatic rings. The summed E-state index contributed by atoms with van der Waals surface area (Å²) < 4.78 is 52.4. The molecule has 0 fully saturated rings. The van der Waals surface area contributed by atoms with E-state index in [9.17, 15) is 51.8 Å². The fourth-order valence-electron chi connectivity index (χ4n) is 9.76. The van der Waals surface area contributed by atoms with Crippen LogP contribution in [-0.4, -0.2) is 121 Å². The summed E-state index contributed by atoms with van der Waals surface area (Å²) >= 11 is 39.7. The highest BCUT2D eigenvalue weighted by molar-refractivity contribution is 7.16. The highest BCUT2D eigenvalue weighted by Gasteiger charge is 2.30. The van der Waals surface area contributed by atoms with Gasteiger partial charge in [-0.2, -0.15) is 0 Å². The number of carbonyl (C=O) groups excluding carboxylic acids is 5. The minimum absolute atomic E-state index is 0.0285. The van der Waals surface area contributed by atoms with Gasteiger partial charge in [0.2, 0.25) is 0 Å². The number of carboxylic acids is 2. The van der Waals surface area contributed by atoms with E-state index in [0.29, 0.717) is 71.4 Å². The van der Waals surface area contributed by atoms with Gasteiger partial charge >= 0.3 is 23.9 Å². The van der Waals surface area contributed by atoms with Crippen LogP contribution >= 0.6 is 115 Å². The number of alkyl halides is 3. The number of para-hydroxylation sites is 8. The second kappa shape index (κ2) is 42.5. The van der Waals surface area contributed by atoms with Crippen molar-refractivity contribution in [3.63, 3.8) is 0 Å². The van der Waals surface area contributed by atoms with Gasteiger partial charge in [0.25, 0.3) is 17.1 Å². The maximum absolute atomic E-state index is 14.1. The first-order valence-corrected chi connectivity index (χ1v) is 39.4. The van der Waals surface area contributed by atoms with Crippen molar-refractivity contribution < 1.29 is 66.4 Å². The van der Waals surface area contributed by atoms with Crippen LogP contribution in [0.25, 0.3) is 77.5 Å². The van der Waals surface area contributed by atoms with Gasteiger partial charge in [-0.25, -0.2) is 52.3 Å². The standard InChI is InChI=1S/C24H19ClFN3O3S.C20H11ClFN3O3S.C15H15ClFNO2S.C9H5ClN2O.C9H6N2O2.3CH3Cl/c1-24(2,3)32-23(31)20-14(13-8-9-15(25)16(26)10-13)12-33-22(20)29-21(30)19-11-27-17-6-4-5-7-18(17)28-19;21-12-6-5-10(7-13(12)22)11-9-29-19(17(11)20(27)28)25-18(26)16-8-23-14-3-1-2-4-15(14)24-16;1-15(2,3)20-14(19)12-9(7-21-13(12)18)8-4-5-10(16)11(17)6-8;10-9(13)8-5-11-6-3-1-2-4-7(6)12-8;12-9(13)8-5-10-6-3-1-2-4-7(6)11-8;3*1-2/h4-12H,1-3H3,(H,29,30);1-9H,(H,25,26)(H,27,28);4-7H,18H2,1-3H3;1-5H;1-5H,(H,12,13);3*1H3. The number of fused-ring (bicyclic) bond motifs is 4. The molecule has 14 rings (SSSR count). The fourth-order valence-corrected chi connectivity index (χ4v) is 12.9. The molecule has 0 spiro atoms. The van der Waals surface area contributed by atoms with Crippen LogP contribution in [0.1, 0.15) is 115 Å². The van der Waals surface area contributed by atoms with Gasteiger partial charge in [0.1, 0.15) is 77.4 Å². The van der Waals surface area contributed by atoms with Gasteiger partial charge in [-0.3, -0.25) is 34.3 Å². The number of rotatable bonds is 12. The van der Waals surface area contributed by atoms with E-state index >= 15 is 0 Å². The number of nitrogens with one attached hydrogen (secondary N) is 2. The first kappa shape index (κ1) is 91.3. The Kier molecular flexibility index (Phi) is 33.7. The van der Waals surface area contributed by atoms with Crippen LogP contribution in [-0.2, 0) is 9.47 Å². The summed E-state index contributed by atoms with van der Waals surface area (Å²) in [5, 5.41) is 28.6. The molecule has 7 heterocycles. The molecular weight excluding hydrogens is 1690 g/mol. The van der Waals surface area contributed by atoms with Gasteiger partial charge < -0.3 is 36.1 Å². The minimum atomic E-state index is -1.25. The summed E-state index contributed by atoms with van der Waals surface area (Å²) in [6.45, 7) is 10.5. The Hall–Kier alpha value is -10.9. The molecule has 7 aromatic heterocycles. The highest BCUT2D eigenvalue weighted by Crippen LogP contribution is 2.41. The van der Waals surface area contributed by atoms with Gasteiger partial charge in [0, 0.05) is 52.0 Å². The molecule has 7 aromatic carbocycles.